The molecular weight excluding hydrogens is 411 g/mol. The number of hydrogen-bond donors (Lipinski definition) is 4. The fourth-order valence-electron chi connectivity index (χ4n) is 2.04. The van der Waals surface area contributed by atoms with Crippen LogP contribution in [0.25, 0.3) is 5.57 Å². The fourth-order valence-corrected chi connectivity index (χ4v) is 2.56. The van der Waals surface area contributed by atoms with Crippen molar-refractivity contribution in [2.24, 2.45) is 10.7 Å². The highest BCUT2D eigenvalue weighted by Gasteiger charge is 2.29. The van der Waals surface area contributed by atoms with Gasteiger partial charge in [0.25, 0.3) is 5.91 Å². The van der Waals surface area contributed by atoms with Crippen LogP contribution in [0.2, 0.25) is 0 Å². The molecule has 0 radical (unpaired) electrons. The van der Waals surface area contributed by atoms with E-state index in [0.717, 1.165) is 21.3 Å². The summed E-state index contributed by atoms with van der Waals surface area (Å²) >= 11 is 3.45. The molecule has 3 rings (SSSR count). The van der Waals surface area contributed by atoms with E-state index < -0.39 is 12.1 Å². The molecule has 0 saturated heterocycles. The molecule has 3 heterocycles. The van der Waals surface area contributed by atoms with E-state index in [1.165, 1.54) is 0 Å². The minimum atomic E-state index is -5.19. The van der Waals surface area contributed by atoms with E-state index in [2.05, 4.69) is 31.2 Å². The standard InChI is InChI=1S/C11H10BrN5O.C2HF3O2/c12-6-3-15-9-8(6)5(1-2-14-10(9)18)7-4-16-11(13)17-7;3-2(4,5)1(6)7/h1,3-4,15H,2H2,(H,14,18)(H3,13,16,17);(H,6,7). The number of alkyl halides is 3. The smallest absolute Gasteiger partial charge is 0.430 e. The van der Waals surface area contributed by atoms with Crippen molar-refractivity contribution in [3.05, 3.63) is 39.9 Å². The topological polar surface area (TPSA) is 140 Å². The first-order valence-corrected chi connectivity index (χ1v) is 7.44. The van der Waals surface area contributed by atoms with Crippen molar-refractivity contribution in [1.29, 1.82) is 0 Å². The maximum absolute atomic E-state index is 11.9. The third-order valence-corrected chi connectivity index (χ3v) is 3.69. The number of carboxylic acid groups (broad SMARTS) is 1. The minimum absolute atomic E-state index is 0.124. The number of quaternary nitrogens is 1. The molecule has 1 amide bonds. The Kier molecular flexibility index (Phi) is 5.33. The Morgan fingerprint density at radius 1 is 1.44 bits per heavy atom. The number of guanidine groups is 1. The van der Waals surface area contributed by atoms with Gasteiger partial charge in [0, 0.05) is 28.4 Å². The maximum atomic E-state index is 11.9. The molecule has 0 aromatic carbocycles. The number of H-pyrrole nitrogens is 1. The van der Waals surface area contributed by atoms with Crippen molar-refractivity contribution >= 4 is 39.3 Å². The second-order valence-electron chi connectivity index (χ2n) is 4.75. The number of nitrogens with one attached hydrogen (secondary N) is 2. The number of aromatic amines is 1. The number of carbonyl (C=O) groups is 2. The first kappa shape index (κ1) is 18.7. The number of amides is 1. The number of rotatable bonds is 1. The number of carbonyl (C=O) groups excluding carboxylic acids is 2. The van der Waals surface area contributed by atoms with E-state index in [4.69, 9.17) is 15.6 Å². The van der Waals surface area contributed by atoms with Crippen LogP contribution in [0.15, 0.2) is 33.6 Å². The third kappa shape index (κ3) is 4.28. The van der Waals surface area contributed by atoms with Crippen LogP contribution in [0.1, 0.15) is 16.1 Å². The Balaban J connectivity index is 0.000000277. The second-order valence-corrected chi connectivity index (χ2v) is 5.61. The molecule has 2 aliphatic rings. The van der Waals surface area contributed by atoms with Gasteiger partial charge in [0.15, 0.2) is 0 Å². The molecule has 0 aliphatic carbocycles. The molecule has 1 aromatic heterocycles. The van der Waals surface area contributed by atoms with Crippen molar-refractivity contribution < 1.29 is 33.2 Å². The number of aliphatic imine (C=N–C) groups is 1. The van der Waals surface area contributed by atoms with E-state index in [0.29, 0.717) is 18.2 Å². The predicted molar refractivity (Wildman–Crippen MR) is 81.5 cm³/mol. The number of aliphatic carboxylic acids is 1. The first-order valence-electron chi connectivity index (χ1n) is 6.64. The molecule has 25 heavy (non-hydrogen) atoms. The number of hydrogen-bond acceptors (Lipinski definition) is 5. The molecule has 1 aromatic rings. The van der Waals surface area contributed by atoms with Gasteiger partial charge in [-0.2, -0.15) is 18.2 Å². The lowest BCUT2D eigenvalue weighted by atomic mass is 10.0. The molecular formula is C13H11BrF3N5O3. The van der Waals surface area contributed by atoms with Crippen molar-refractivity contribution in [2.45, 2.75) is 6.18 Å². The highest BCUT2D eigenvalue weighted by Crippen LogP contribution is 2.34. The lowest BCUT2D eigenvalue weighted by Gasteiger charge is -2.03. The van der Waals surface area contributed by atoms with Crippen LogP contribution in [0.5, 0.6) is 0 Å². The Hall–Kier alpha value is -2.60. The lowest BCUT2D eigenvalue weighted by Crippen LogP contribution is -2.83. The number of halogens is 4. The molecule has 12 heteroatoms. The lowest BCUT2D eigenvalue weighted by molar-refractivity contribution is -0.459. The first-order chi connectivity index (χ1) is 11.6. The van der Waals surface area contributed by atoms with Gasteiger partial charge in [0.2, 0.25) is 0 Å². The monoisotopic (exact) mass is 421 g/mol. The van der Waals surface area contributed by atoms with E-state index in [-0.39, 0.29) is 5.91 Å². The van der Waals surface area contributed by atoms with Gasteiger partial charge in [-0.1, -0.05) is 6.08 Å². The Morgan fingerprint density at radius 2 is 2.08 bits per heavy atom. The van der Waals surface area contributed by atoms with Crippen LogP contribution in [0.3, 0.4) is 0 Å². The van der Waals surface area contributed by atoms with Crippen LogP contribution in [-0.2, 0) is 4.79 Å². The van der Waals surface area contributed by atoms with Gasteiger partial charge in [-0.25, -0.2) is 0 Å². The van der Waals surface area contributed by atoms with Gasteiger partial charge in [-0.05, 0) is 15.9 Å². The van der Waals surface area contributed by atoms with Crippen LogP contribution < -0.4 is 21.5 Å². The zero-order valence-electron chi connectivity index (χ0n) is 12.3. The molecule has 0 fully saturated rings. The molecule has 134 valence electrons. The van der Waals surface area contributed by atoms with E-state index >= 15 is 0 Å². The summed E-state index contributed by atoms with van der Waals surface area (Å²) in [5.41, 5.74) is 8.67. The quantitative estimate of drug-likeness (QED) is 0.458. The van der Waals surface area contributed by atoms with Crippen molar-refractivity contribution in [3.8, 4) is 0 Å². The van der Waals surface area contributed by atoms with E-state index in [1.807, 2.05) is 12.3 Å². The molecule has 0 spiro atoms. The van der Waals surface area contributed by atoms with Crippen molar-refractivity contribution in [1.82, 2.24) is 10.3 Å². The SMILES string of the molecule is NC1=NC(C2=CCNC(=O)c3[nH]cc(Br)c32)=C[NH2+]1.O=C([O-])C(F)(F)F. The summed E-state index contributed by atoms with van der Waals surface area (Å²) in [6.45, 7) is 0.468. The Labute approximate surface area is 146 Å². The molecule has 0 bridgehead atoms. The predicted octanol–water partition coefficient (Wildman–Crippen LogP) is -1.06. The number of carboxylic acids is 1. The average Bonchev–Trinajstić information content (AvgIpc) is 3.05. The zero-order chi connectivity index (χ0) is 18.8. The summed E-state index contributed by atoms with van der Waals surface area (Å²) in [4.78, 5) is 27.9. The zero-order valence-corrected chi connectivity index (χ0v) is 13.9. The highest BCUT2D eigenvalue weighted by atomic mass is 79.9. The van der Waals surface area contributed by atoms with Crippen molar-refractivity contribution in [2.75, 3.05) is 6.54 Å². The number of nitrogens with zero attached hydrogens (tertiary/aromatic N) is 1. The molecule has 8 nitrogen and oxygen atoms in total. The van der Waals surface area contributed by atoms with Gasteiger partial charge in [-0.15, -0.1) is 0 Å². The maximum Gasteiger partial charge on any atom is 0.430 e. The summed E-state index contributed by atoms with van der Waals surface area (Å²) in [5.74, 6) is -2.66. The summed E-state index contributed by atoms with van der Waals surface area (Å²) in [6, 6.07) is 0. The van der Waals surface area contributed by atoms with Crippen LogP contribution in [0, 0.1) is 0 Å². The Bertz CT molecular complexity index is 810. The minimum Gasteiger partial charge on any atom is -0.542 e. The van der Waals surface area contributed by atoms with Crippen molar-refractivity contribution in [3.63, 3.8) is 0 Å². The largest absolute Gasteiger partial charge is 0.542 e. The molecule has 0 saturated carbocycles. The summed E-state index contributed by atoms with van der Waals surface area (Å²) in [5, 5.41) is 13.3. The van der Waals surface area contributed by atoms with E-state index in [1.54, 1.807) is 11.5 Å². The van der Waals surface area contributed by atoms with Gasteiger partial charge in [0.05, 0.1) is 0 Å². The number of nitrogens with two attached hydrogens (primary N) is 2. The molecule has 0 unspecified atom stereocenters. The average molecular weight is 422 g/mol. The second kappa shape index (κ2) is 7.11. The highest BCUT2D eigenvalue weighted by molar-refractivity contribution is 9.10. The molecule has 6 N–H and O–H groups in total. The number of fused-ring (bicyclic) bond motifs is 1. The number of aromatic nitrogens is 1. The fraction of sp³-hybridized carbons (Fsp3) is 0.154. The molecule has 2 aliphatic heterocycles. The third-order valence-electron chi connectivity index (χ3n) is 3.07. The summed E-state index contributed by atoms with van der Waals surface area (Å²) in [6.07, 6.45) is 0.333. The van der Waals surface area contributed by atoms with Gasteiger partial charge in [0.1, 0.15) is 23.6 Å². The number of allylic oxidation sites excluding steroid dienone is 1. The molecule has 0 atom stereocenters. The Morgan fingerprint density at radius 3 is 2.60 bits per heavy atom. The summed E-state index contributed by atoms with van der Waals surface area (Å²) in [7, 11) is 0. The van der Waals surface area contributed by atoms with Crippen LogP contribution in [0.4, 0.5) is 13.2 Å². The van der Waals surface area contributed by atoms with E-state index in [9.17, 15) is 18.0 Å². The summed E-state index contributed by atoms with van der Waals surface area (Å²) < 4.78 is 32.4. The van der Waals surface area contributed by atoms with Crippen LogP contribution in [-0.4, -0.2) is 35.5 Å². The van der Waals surface area contributed by atoms with Crippen LogP contribution >= 0.6 is 15.9 Å². The van der Waals surface area contributed by atoms with Gasteiger partial charge < -0.3 is 25.9 Å². The van der Waals surface area contributed by atoms with Gasteiger partial charge >= 0.3 is 12.1 Å². The van der Waals surface area contributed by atoms with Gasteiger partial charge in [-0.3, -0.25) is 10.1 Å². The normalized spacial score (nSPS) is 16.5.